The number of hydrogen-bond acceptors (Lipinski definition) is 3. The molecule has 0 spiro atoms. The summed E-state index contributed by atoms with van der Waals surface area (Å²) in [6, 6.07) is 10.5. The molecule has 22 heavy (non-hydrogen) atoms. The molecule has 0 unspecified atom stereocenters. The quantitative estimate of drug-likeness (QED) is 0.639. The second-order valence-electron chi connectivity index (χ2n) is 5.50. The lowest BCUT2D eigenvalue weighted by atomic mass is 10.1. The molecule has 1 aromatic carbocycles. The van der Waals surface area contributed by atoms with Gasteiger partial charge in [0, 0.05) is 31.6 Å². The summed E-state index contributed by atoms with van der Waals surface area (Å²) in [6.07, 6.45) is 2.70. The van der Waals surface area contributed by atoms with Gasteiger partial charge < -0.3 is 0 Å². The van der Waals surface area contributed by atoms with Crippen molar-refractivity contribution in [1.82, 2.24) is 19.5 Å². The first-order valence-corrected chi connectivity index (χ1v) is 8.36. The van der Waals surface area contributed by atoms with Crippen LogP contribution in [0.2, 0.25) is 5.15 Å². The Balaban J connectivity index is 1.67. The molecule has 1 aliphatic heterocycles. The first kappa shape index (κ1) is 14.2. The molecule has 0 aliphatic carbocycles. The van der Waals surface area contributed by atoms with Crippen LogP contribution in [0.5, 0.6) is 0 Å². The molecular weight excluding hydrogens is 364 g/mol. The van der Waals surface area contributed by atoms with Crippen molar-refractivity contribution < 1.29 is 0 Å². The van der Waals surface area contributed by atoms with Crippen molar-refractivity contribution in [3.8, 4) is 0 Å². The summed E-state index contributed by atoms with van der Waals surface area (Å²) in [7, 11) is 0. The van der Waals surface area contributed by atoms with Gasteiger partial charge in [0.15, 0.2) is 5.65 Å². The SMILES string of the molecule is Clc1nc2c(Br)cnn2c2c1CN(Cc1ccccc1)CC2. The highest BCUT2D eigenvalue weighted by Gasteiger charge is 2.23. The maximum atomic E-state index is 6.42. The molecule has 3 heterocycles. The number of halogens is 2. The number of aromatic nitrogens is 3. The van der Waals surface area contributed by atoms with Gasteiger partial charge in [-0.25, -0.2) is 9.50 Å². The molecule has 3 aromatic rings. The van der Waals surface area contributed by atoms with Crippen LogP contribution in [-0.4, -0.2) is 26.0 Å². The lowest BCUT2D eigenvalue weighted by Gasteiger charge is -2.29. The van der Waals surface area contributed by atoms with Crippen LogP contribution < -0.4 is 0 Å². The predicted octanol–water partition coefficient (Wildman–Crippen LogP) is 3.70. The van der Waals surface area contributed by atoms with Crippen molar-refractivity contribution >= 4 is 33.2 Å². The zero-order valence-corrected chi connectivity index (χ0v) is 14.2. The summed E-state index contributed by atoms with van der Waals surface area (Å²) in [5.74, 6) is 0. The third-order valence-corrected chi connectivity index (χ3v) is 4.93. The van der Waals surface area contributed by atoms with Crippen molar-refractivity contribution in [3.05, 3.63) is 63.0 Å². The maximum Gasteiger partial charge on any atom is 0.171 e. The first-order valence-electron chi connectivity index (χ1n) is 7.19. The topological polar surface area (TPSA) is 33.4 Å². The summed E-state index contributed by atoms with van der Waals surface area (Å²) in [4.78, 5) is 6.88. The Labute approximate surface area is 141 Å². The zero-order chi connectivity index (χ0) is 15.1. The van der Waals surface area contributed by atoms with Gasteiger partial charge in [-0.2, -0.15) is 5.10 Å². The van der Waals surface area contributed by atoms with E-state index in [1.165, 1.54) is 11.3 Å². The standard InChI is InChI=1S/C16H14BrClN4/c17-13-8-19-22-14-6-7-21(9-11-4-2-1-3-5-11)10-12(14)15(18)20-16(13)22/h1-5,8H,6-7,9-10H2. The molecule has 0 saturated carbocycles. The summed E-state index contributed by atoms with van der Waals surface area (Å²) < 4.78 is 2.79. The minimum Gasteiger partial charge on any atom is -0.294 e. The van der Waals surface area contributed by atoms with E-state index in [0.717, 1.165) is 41.7 Å². The molecule has 0 fully saturated rings. The third kappa shape index (κ3) is 2.43. The van der Waals surface area contributed by atoms with Crippen LogP contribution in [0, 0.1) is 0 Å². The Morgan fingerprint density at radius 1 is 1.23 bits per heavy atom. The van der Waals surface area contributed by atoms with Crippen LogP contribution >= 0.6 is 27.5 Å². The second-order valence-corrected chi connectivity index (χ2v) is 6.71. The van der Waals surface area contributed by atoms with Crippen LogP contribution in [0.1, 0.15) is 16.8 Å². The van der Waals surface area contributed by atoms with Crippen LogP contribution in [0.25, 0.3) is 5.65 Å². The van der Waals surface area contributed by atoms with Gasteiger partial charge in [-0.15, -0.1) is 0 Å². The van der Waals surface area contributed by atoms with Gasteiger partial charge in [0.25, 0.3) is 0 Å². The van der Waals surface area contributed by atoms with Gasteiger partial charge in [0.1, 0.15) is 5.15 Å². The summed E-state index contributed by atoms with van der Waals surface area (Å²) in [5.41, 5.74) is 4.37. The summed E-state index contributed by atoms with van der Waals surface area (Å²) in [5, 5.41) is 5.00. The third-order valence-electron chi connectivity index (χ3n) is 4.05. The molecule has 0 amide bonds. The van der Waals surface area contributed by atoms with E-state index in [2.05, 4.69) is 55.2 Å². The molecule has 0 radical (unpaired) electrons. The van der Waals surface area contributed by atoms with Crippen LogP contribution in [-0.2, 0) is 19.5 Å². The van der Waals surface area contributed by atoms with Gasteiger partial charge in [0.05, 0.1) is 16.4 Å². The Morgan fingerprint density at radius 3 is 2.86 bits per heavy atom. The normalized spacial score (nSPS) is 15.2. The molecule has 1 aliphatic rings. The van der Waals surface area contributed by atoms with Gasteiger partial charge >= 0.3 is 0 Å². The lowest BCUT2D eigenvalue weighted by molar-refractivity contribution is 0.241. The van der Waals surface area contributed by atoms with Gasteiger partial charge in [-0.05, 0) is 21.5 Å². The minimum atomic E-state index is 0.585. The Bertz CT molecular complexity index is 831. The average molecular weight is 378 g/mol. The number of benzene rings is 1. The Hall–Kier alpha value is -1.43. The van der Waals surface area contributed by atoms with E-state index >= 15 is 0 Å². The van der Waals surface area contributed by atoms with E-state index in [9.17, 15) is 0 Å². The largest absolute Gasteiger partial charge is 0.294 e. The van der Waals surface area contributed by atoms with Gasteiger partial charge in [-0.1, -0.05) is 41.9 Å². The number of nitrogens with zero attached hydrogens (tertiary/aromatic N) is 4. The minimum absolute atomic E-state index is 0.585. The van der Waals surface area contributed by atoms with Crippen LogP contribution in [0.4, 0.5) is 0 Å². The van der Waals surface area contributed by atoms with E-state index in [4.69, 9.17) is 11.6 Å². The molecule has 0 bridgehead atoms. The van der Waals surface area contributed by atoms with Crippen molar-refractivity contribution in [2.45, 2.75) is 19.5 Å². The molecule has 0 N–H and O–H groups in total. The van der Waals surface area contributed by atoms with E-state index in [0.29, 0.717) is 5.15 Å². The highest BCUT2D eigenvalue weighted by atomic mass is 79.9. The molecule has 4 nitrogen and oxygen atoms in total. The lowest BCUT2D eigenvalue weighted by Crippen LogP contribution is -2.32. The maximum absolute atomic E-state index is 6.42. The summed E-state index contributed by atoms with van der Waals surface area (Å²) >= 11 is 9.89. The molecule has 2 aromatic heterocycles. The molecule has 112 valence electrons. The number of hydrogen-bond donors (Lipinski definition) is 0. The van der Waals surface area contributed by atoms with Crippen molar-refractivity contribution in [2.24, 2.45) is 0 Å². The fraction of sp³-hybridized carbons (Fsp3) is 0.250. The Morgan fingerprint density at radius 2 is 2.05 bits per heavy atom. The average Bonchev–Trinajstić information content (AvgIpc) is 2.90. The van der Waals surface area contributed by atoms with Gasteiger partial charge in [0.2, 0.25) is 0 Å². The molecule has 0 atom stereocenters. The fourth-order valence-electron chi connectivity index (χ4n) is 2.98. The highest BCUT2D eigenvalue weighted by molar-refractivity contribution is 9.10. The first-order chi connectivity index (χ1) is 10.7. The van der Waals surface area contributed by atoms with Crippen LogP contribution in [0.15, 0.2) is 41.0 Å². The van der Waals surface area contributed by atoms with Gasteiger partial charge in [-0.3, -0.25) is 4.90 Å². The fourth-order valence-corrected chi connectivity index (χ4v) is 3.58. The number of fused-ring (bicyclic) bond motifs is 3. The van der Waals surface area contributed by atoms with E-state index in [-0.39, 0.29) is 0 Å². The summed E-state index contributed by atoms with van der Waals surface area (Å²) in [6.45, 7) is 2.73. The van der Waals surface area contributed by atoms with Crippen molar-refractivity contribution in [2.75, 3.05) is 6.54 Å². The molecule has 0 saturated heterocycles. The van der Waals surface area contributed by atoms with Crippen LogP contribution in [0.3, 0.4) is 0 Å². The van der Waals surface area contributed by atoms with E-state index in [1.54, 1.807) is 6.20 Å². The Kier molecular flexibility index (Phi) is 3.64. The zero-order valence-electron chi connectivity index (χ0n) is 11.8. The van der Waals surface area contributed by atoms with Crippen molar-refractivity contribution in [3.63, 3.8) is 0 Å². The smallest absolute Gasteiger partial charge is 0.171 e. The second kappa shape index (κ2) is 5.65. The van der Waals surface area contributed by atoms with E-state index < -0.39 is 0 Å². The molecular formula is C16H14BrClN4. The van der Waals surface area contributed by atoms with Crippen molar-refractivity contribution in [1.29, 1.82) is 0 Å². The molecule has 4 rings (SSSR count). The predicted molar refractivity (Wildman–Crippen MR) is 90.0 cm³/mol. The number of rotatable bonds is 2. The monoisotopic (exact) mass is 376 g/mol. The molecule has 6 heteroatoms. The van der Waals surface area contributed by atoms with E-state index in [1.807, 2.05) is 10.6 Å². The highest BCUT2D eigenvalue weighted by Crippen LogP contribution is 2.29.